The average Bonchev–Trinajstić information content (AvgIpc) is 3.55. The van der Waals surface area contributed by atoms with Crippen molar-refractivity contribution in [2.24, 2.45) is 0 Å². The van der Waals surface area contributed by atoms with Crippen LogP contribution >= 0.6 is 0 Å². The number of rotatable bonds is 7. The standard InChI is InChI=1S/C24H23FN4O/c1-30-24-17(9-20(25)14-29-24)5-7-21-6-2-15(11-26-21)8-19-13-28-23-22(19)10-18(12-27-23)16-3-4-16/h2,6,9-14,16H,3-5,7-8H2,1H3,(H,27,28). The first kappa shape index (κ1) is 18.7. The van der Waals surface area contributed by atoms with E-state index in [4.69, 9.17) is 4.74 Å². The number of halogens is 1. The van der Waals surface area contributed by atoms with Gasteiger partial charge in [0.2, 0.25) is 5.88 Å². The first-order valence-electron chi connectivity index (χ1n) is 10.3. The molecule has 1 aliphatic rings. The smallest absolute Gasteiger partial charge is 0.216 e. The second kappa shape index (κ2) is 7.86. The normalized spacial score (nSPS) is 13.7. The van der Waals surface area contributed by atoms with E-state index in [9.17, 15) is 4.39 Å². The Morgan fingerprint density at radius 2 is 1.93 bits per heavy atom. The molecular weight excluding hydrogens is 379 g/mol. The molecule has 4 aromatic heterocycles. The Hall–Kier alpha value is -3.28. The first-order chi connectivity index (χ1) is 14.7. The lowest BCUT2D eigenvalue weighted by molar-refractivity contribution is 0.390. The minimum absolute atomic E-state index is 0.354. The van der Waals surface area contributed by atoms with Crippen molar-refractivity contribution in [3.63, 3.8) is 0 Å². The molecule has 0 atom stereocenters. The van der Waals surface area contributed by atoms with Gasteiger partial charge in [0, 0.05) is 41.7 Å². The van der Waals surface area contributed by atoms with Crippen molar-refractivity contribution in [1.29, 1.82) is 0 Å². The van der Waals surface area contributed by atoms with E-state index in [0.717, 1.165) is 28.9 Å². The van der Waals surface area contributed by atoms with Crippen molar-refractivity contribution in [1.82, 2.24) is 19.9 Å². The van der Waals surface area contributed by atoms with Gasteiger partial charge in [-0.1, -0.05) is 6.07 Å². The number of methoxy groups -OCH3 is 1. The number of pyridine rings is 3. The van der Waals surface area contributed by atoms with Crippen molar-refractivity contribution in [3.8, 4) is 5.88 Å². The van der Waals surface area contributed by atoms with E-state index in [1.165, 1.54) is 41.6 Å². The van der Waals surface area contributed by atoms with Crippen molar-refractivity contribution in [3.05, 3.63) is 82.8 Å². The van der Waals surface area contributed by atoms with Crippen molar-refractivity contribution < 1.29 is 9.13 Å². The summed E-state index contributed by atoms with van der Waals surface area (Å²) < 4.78 is 18.7. The van der Waals surface area contributed by atoms with Crippen LogP contribution in [0.25, 0.3) is 11.0 Å². The number of aromatic nitrogens is 4. The zero-order valence-electron chi connectivity index (χ0n) is 16.9. The third-order valence-electron chi connectivity index (χ3n) is 5.70. The molecule has 1 fully saturated rings. The fourth-order valence-corrected chi connectivity index (χ4v) is 3.88. The van der Waals surface area contributed by atoms with Gasteiger partial charge in [-0.15, -0.1) is 0 Å². The molecule has 0 saturated heterocycles. The zero-order valence-corrected chi connectivity index (χ0v) is 16.9. The molecule has 0 radical (unpaired) electrons. The summed E-state index contributed by atoms with van der Waals surface area (Å²) in [5.74, 6) is 0.802. The Morgan fingerprint density at radius 1 is 1.03 bits per heavy atom. The van der Waals surface area contributed by atoms with Crippen LogP contribution in [0.1, 0.15) is 46.7 Å². The maximum Gasteiger partial charge on any atom is 0.216 e. The van der Waals surface area contributed by atoms with E-state index < -0.39 is 0 Å². The molecule has 0 unspecified atom stereocenters. The van der Waals surface area contributed by atoms with Crippen LogP contribution in [0.2, 0.25) is 0 Å². The molecule has 0 aliphatic heterocycles. The van der Waals surface area contributed by atoms with Crippen LogP contribution in [0.15, 0.2) is 49.1 Å². The highest BCUT2D eigenvalue weighted by molar-refractivity contribution is 5.80. The second-order valence-electron chi connectivity index (χ2n) is 7.91. The molecule has 0 amide bonds. The Labute approximate surface area is 174 Å². The predicted molar refractivity (Wildman–Crippen MR) is 113 cm³/mol. The van der Waals surface area contributed by atoms with Gasteiger partial charge in [-0.05, 0) is 66.5 Å². The number of ether oxygens (including phenoxy) is 1. The monoisotopic (exact) mass is 402 g/mol. The number of nitrogens with one attached hydrogen (secondary N) is 1. The summed E-state index contributed by atoms with van der Waals surface area (Å²) in [6, 6.07) is 7.91. The third-order valence-corrected chi connectivity index (χ3v) is 5.70. The quantitative estimate of drug-likeness (QED) is 0.484. The molecule has 30 heavy (non-hydrogen) atoms. The fraction of sp³-hybridized carbons (Fsp3) is 0.292. The van der Waals surface area contributed by atoms with Gasteiger partial charge < -0.3 is 9.72 Å². The maximum absolute atomic E-state index is 13.5. The zero-order chi connectivity index (χ0) is 20.5. The van der Waals surface area contributed by atoms with Crippen molar-refractivity contribution >= 4 is 11.0 Å². The molecule has 4 heterocycles. The molecule has 1 aliphatic carbocycles. The van der Waals surface area contributed by atoms with Crippen LogP contribution in [0.4, 0.5) is 4.39 Å². The Balaban J connectivity index is 1.28. The summed E-state index contributed by atoms with van der Waals surface area (Å²) in [6.07, 6.45) is 11.8. The number of hydrogen-bond acceptors (Lipinski definition) is 4. The number of aromatic amines is 1. The van der Waals surface area contributed by atoms with E-state index in [1.807, 2.05) is 24.7 Å². The van der Waals surface area contributed by atoms with Crippen LogP contribution in [-0.2, 0) is 19.3 Å². The molecule has 152 valence electrons. The van der Waals surface area contributed by atoms with Gasteiger partial charge in [-0.25, -0.2) is 14.4 Å². The van der Waals surface area contributed by atoms with Gasteiger partial charge >= 0.3 is 0 Å². The van der Waals surface area contributed by atoms with Gasteiger partial charge in [-0.3, -0.25) is 4.98 Å². The maximum atomic E-state index is 13.5. The molecule has 6 heteroatoms. The first-order valence-corrected chi connectivity index (χ1v) is 10.3. The predicted octanol–water partition coefficient (Wildman–Crippen LogP) is 4.75. The molecule has 1 N–H and O–H groups in total. The van der Waals surface area contributed by atoms with Gasteiger partial charge in [-0.2, -0.15) is 0 Å². The largest absolute Gasteiger partial charge is 0.481 e. The summed E-state index contributed by atoms with van der Waals surface area (Å²) in [7, 11) is 1.55. The Kier molecular flexibility index (Phi) is 4.91. The number of aryl methyl sites for hydroxylation is 2. The van der Waals surface area contributed by atoms with Gasteiger partial charge in [0.1, 0.15) is 11.5 Å². The lowest BCUT2D eigenvalue weighted by Gasteiger charge is -2.07. The van der Waals surface area contributed by atoms with E-state index in [0.29, 0.717) is 24.6 Å². The molecule has 1 saturated carbocycles. The van der Waals surface area contributed by atoms with Gasteiger partial charge in [0.25, 0.3) is 0 Å². The topological polar surface area (TPSA) is 63.7 Å². The Morgan fingerprint density at radius 3 is 2.70 bits per heavy atom. The average molecular weight is 402 g/mol. The lowest BCUT2D eigenvalue weighted by Crippen LogP contribution is -2.00. The molecule has 5 rings (SSSR count). The highest BCUT2D eigenvalue weighted by Crippen LogP contribution is 2.40. The van der Waals surface area contributed by atoms with E-state index in [2.05, 4.69) is 32.1 Å². The summed E-state index contributed by atoms with van der Waals surface area (Å²) in [6.45, 7) is 0. The summed E-state index contributed by atoms with van der Waals surface area (Å²) in [5.41, 5.74) is 6.39. The van der Waals surface area contributed by atoms with E-state index in [1.54, 1.807) is 7.11 Å². The summed E-state index contributed by atoms with van der Waals surface area (Å²) >= 11 is 0. The summed E-state index contributed by atoms with van der Waals surface area (Å²) in [4.78, 5) is 16.5. The lowest BCUT2D eigenvalue weighted by atomic mass is 10.0. The molecule has 0 aromatic carbocycles. The number of nitrogens with zero attached hydrogens (tertiary/aromatic N) is 3. The van der Waals surface area contributed by atoms with Gasteiger partial charge in [0.05, 0.1) is 13.3 Å². The Bertz CT molecular complexity index is 1180. The number of hydrogen-bond donors (Lipinski definition) is 1. The highest BCUT2D eigenvalue weighted by atomic mass is 19.1. The van der Waals surface area contributed by atoms with Gasteiger partial charge in [0.15, 0.2) is 0 Å². The minimum atomic E-state index is -0.354. The minimum Gasteiger partial charge on any atom is -0.481 e. The molecule has 4 aromatic rings. The molecule has 5 nitrogen and oxygen atoms in total. The van der Waals surface area contributed by atoms with Crippen molar-refractivity contribution in [2.45, 2.75) is 38.0 Å². The van der Waals surface area contributed by atoms with Crippen molar-refractivity contribution in [2.75, 3.05) is 7.11 Å². The van der Waals surface area contributed by atoms with E-state index >= 15 is 0 Å². The fourth-order valence-electron chi connectivity index (χ4n) is 3.88. The second-order valence-corrected chi connectivity index (χ2v) is 7.91. The third kappa shape index (κ3) is 3.90. The SMILES string of the molecule is COc1ncc(F)cc1CCc1ccc(Cc2c[nH]c3ncc(C4CC4)cc23)cn1. The molecular formula is C24H23FN4O. The molecule has 0 bridgehead atoms. The van der Waals surface area contributed by atoms with E-state index in [-0.39, 0.29) is 5.82 Å². The van der Waals surface area contributed by atoms with Crippen LogP contribution in [-0.4, -0.2) is 27.0 Å². The number of H-pyrrole nitrogens is 1. The van der Waals surface area contributed by atoms with Crippen LogP contribution in [0, 0.1) is 5.82 Å². The summed E-state index contributed by atoms with van der Waals surface area (Å²) in [5, 5.41) is 1.20. The molecule has 0 spiro atoms. The van der Waals surface area contributed by atoms with Crippen LogP contribution < -0.4 is 4.74 Å². The number of fused-ring (bicyclic) bond motifs is 1. The van der Waals surface area contributed by atoms with Crippen LogP contribution in [0.3, 0.4) is 0 Å². The van der Waals surface area contributed by atoms with Crippen LogP contribution in [0.5, 0.6) is 5.88 Å². The highest BCUT2D eigenvalue weighted by Gasteiger charge is 2.24.